The molecule has 0 atom stereocenters. The van der Waals surface area contributed by atoms with Gasteiger partial charge in [0.1, 0.15) is 5.82 Å². The number of morpholine rings is 1. The maximum atomic E-state index is 11.7. The molecular formula is C13H19N3O3. The third-order valence-corrected chi connectivity index (χ3v) is 3.25. The first-order chi connectivity index (χ1) is 8.95. The van der Waals surface area contributed by atoms with Crippen LogP contribution in [0.15, 0.2) is 12.3 Å². The van der Waals surface area contributed by atoms with Crippen LogP contribution in [0.3, 0.4) is 0 Å². The van der Waals surface area contributed by atoms with Crippen LogP contribution >= 0.6 is 0 Å². The molecule has 0 unspecified atom stereocenters. The molecule has 1 aliphatic heterocycles. The Labute approximate surface area is 112 Å². The Morgan fingerprint density at radius 3 is 2.95 bits per heavy atom. The van der Waals surface area contributed by atoms with Crippen molar-refractivity contribution in [1.82, 2.24) is 4.98 Å². The molecule has 1 aromatic heterocycles. The number of ether oxygens (including phenoxy) is 2. The van der Waals surface area contributed by atoms with Gasteiger partial charge in [0.05, 0.1) is 43.3 Å². The molecule has 0 radical (unpaired) electrons. The summed E-state index contributed by atoms with van der Waals surface area (Å²) in [6.45, 7) is 6.13. The molecule has 0 amide bonds. The van der Waals surface area contributed by atoms with Gasteiger partial charge in [0, 0.05) is 6.54 Å². The highest BCUT2D eigenvalue weighted by Gasteiger charge is 2.32. The zero-order valence-corrected chi connectivity index (χ0v) is 11.5. The van der Waals surface area contributed by atoms with E-state index in [9.17, 15) is 4.79 Å². The van der Waals surface area contributed by atoms with E-state index in [1.54, 1.807) is 6.07 Å². The van der Waals surface area contributed by atoms with Gasteiger partial charge in [0.2, 0.25) is 0 Å². The van der Waals surface area contributed by atoms with E-state index in [2.05, 4.69) is 23.7 Å². The number of carbonyl (C=O) groups excluding carboxylic acids is 1. The molecular weight excluding hydrogens is 246 g/mol. The first kappa shape index (κ1) is 13.6. The van der Waals surface area contributed by atoms with E-state index in [1.165, 1.54) is 13.3 Å². The minimum Gasteiger partial charge on any atom is -0.465 e. The fourth-order valence-electron chi connectivity index (χ4n) is 2.17. The Morgan fingerprint density at radius 2 is 2.32 bits per heavy atom. The van der Waals surface area contributed by atoms with Gasteiger partial charge in [-0.3, -0.25) is 0 Å². The van der Waals surface area contributed by atoms with Gasteiger partial charge < -0.3 is 20.1 Å². The van der Waals surface area contributed by atoms with Gasteiger partial charge in [-0.25, -0.2) is 9.78 Å². The summed E-state index contributed by atoms with van der Waals surface area (Å²) >= 11 is 0. The van der Waals surface area contributed by atoms with Crippen molar-refractivity contribution in [1.29, 1.82) is 0 Å². The fourth-order valence-corrected chi connectivity index (χ4v) is 2.17. The summed E-state index contributed by atoms with van der Waals surface area (Å²) in [6, 6.07) is 1.67. The molecule has 6 nitrogen and oxygen atoms in total. The van der Waals surface area contributed by atoms with Gasteiger partial charge in [0.15, 0.2) is 0 Å². The molecule has 1 fully saturated rings. The Hall–Kier alpha value is -1.82. The Bertz CT molecular complexity index is 488. The number of nitrogens with two attached hydrogens (primary N) is 1. The lowest BCUT2D eigenvalue weighted by Gasteiger charge is -2.43. The number of methoxy groups -OCH3 is 1. The SMILES string of the molecule is COC(=O)c1cc(N2CCOCC2(C)C)ncc1N. The highest BCUT2D eigenvalue weighted by Crippen LogP contribution is 2.27. The number of esters is 1. The Kier molecular flexibility index (Phi) is 3.61. The second kappa shape index (κ2) is 5.05. The monoisotopic (exact) mass is 265 g/mol. The van der Waals surface area contributed by atoms with Crippen LogP contribution in [0.4, 0.5) is 11.5 Å². The lowest BCUT2D eigenvalue weighted by Crippen LogP contribution is -2.53. The third kappa shape index (κ3) is 2.63. The van der Waals surface area contributed by atoms with Crippen molar-refractivity contribution >= 4 is 17.5 Å². The molecule has 6 heteroatoms. The molecule has 2 rings (SSSR count). The first-order valence-electron chi connectivity index (χ1n) is 6.15. The van der Waals surface area contributed by atoms with Crippen molar-refractivity contribution in [3.63, 3.8) is 0 Å². The van der Waals surface area contributed by atoms with Crippen LogP contribution < -0.4 is 10.6 Å². The molecule has 0 bridgehead atoms. The van der Waals surface area contributed by atoms with Crippen LogP contribution in [0.2, 0.25) is 0 Å². The number of aromatic nitrogens is 1. The summed E-state index contributed by atoms with van der Waals surface area (Å²) in [7, 11) is 1.33. The summed E-state index contributed by atoms with van der Waals surface area (Å²) in [5.41, 5.74) is 6.25. The van der Waals surface area contributed by atoms with Gasteiger partial charge >= 0.3 is 5.97 Å². The standard InChI is InChI=1S/C13H19N3O3/c1-13(2)8-19-5-4-16(13)11-6-9(12(17)18-3)10(14)7-15-11/h6-7H,4-5,8,14H2,1-3H3. The van der Waals surface area contributed by atoms with Crippen LogP contribution in [0.1, 0.15) is 24.2 Å². The number of anilines is 2. The van der Waals surface area contributed by atoms with E-state index >= 15 is 0 Å². The van der Waals surface area contributed by atoms with Crippen molar-refractivity contribution in [2.75, 3.05) is 37.5 Å². The van der Waals surface area contributed by atoms with Crippen molar-refractivity contribution in [2.24, 2.45) is 0 Å². The van der Waals surface area contributed by atoms with Crippen molar-refractivity contribution in [2.45, 2.75) is 19.4 Å². The Morgan fingerprint density at radius 1 is 1.58 bits per heavy atom. The number of nitrogen functional groups attached to an aromatic ring is 1. The molecule has 1 saturated heterocycles. The van der Waals surface area contributed by atoms with E-state index in [-0.39, 0.29) is 5.54 Å². The number of carbonyl (C=O) groups is 1. The number of hydrogen-bond donors (Lipinski definition) is 1. The molecule has 1 aromatic rings. The lowest BCUT2D eigenvalue weighted by atomic mass is 10.0. The molecule has 1 aliphatic rings. The van der Waals surface area contributed by atoms with Gasteiger partial charge in [-0.2, -0.15) is 0 Å². The van der Waals surface area contributed by atoms with Crippen LogP contribution in [0, 0.1) is 0 Å². The number of rotatable bonds is 2. The van der Waals surface area contributed by atoms with Crippen LogP contribution in [-0.4, -0.2) is 43.4 Å². The third-order valence-electron chi connectivity index (χ3n) is 3.25. The minimum absolute atomic E-state index is 0.172. The van der Waals surface area contributed by atoms with E-state index in [0.717, 1.165) is 6.54 Å². The first-order valence-corrected chi connectivity index (χ1v) is 6.15. The van der Waals surface area contributed by atoms with Gasteiger partial charge in [-0.05, 0) is 19.9 Å². The topological polar surface area (TPSA) is 77.7 Å². The van der Waals surface area contributed by atoms with Gasteiger partial charge in [-0.15, -0.1) is 0 Å². The number of hydrogen-bond acceptors (Lipinski definition) is 6. The largest absolute Gasteiger partial charge is 0.465 e. The van der Waals surface area contributed by atoms with E-state index < -0.39 is 5.97 Å². The van der Waals surface area contributed by atoms with E-state index in [0.29, 0.717) is 30.3 Å². The second-order valence-electron chi connectivity index (χ2n) is 5.14. The molecule has 2 heterocycles. The highest BCUT2D eigenvalue weighted by atomic mass is 16.5. The zero-order valence-electron chi connectivity index (χ0n) is 11.5. The van der Waals surface area contributed by atoms with E-state index in [4.69, 9.17) is 15.2 Å². The van der Waals surface area contributed by atoms with E-state index in [1.807, 2.05) is 0 Å². The smallest absolute Gasteiger partial charge is 0.340 e. The van der Waals surface area contributed by atoms with Crippen LogP contribution in [0.25, 0.3) is 0 Å². The molecule has 104 valence electrons. The summed E-state index contributed by atoms with van der Waals surface area (Å²) < 4.78 is 10.2. The van der Waals surface area contributed by atoms with Crippen LogP contribution in [0.5, 0.6) is 0 Å². The van der Waals surface area contributed by atoms with Crippen LogP contribution in [-0.2, 0) is 9.47 Å². The molecule has 0 aliphatic carbocycles. The normalized spacial score (nSPS) is 18.2. The summed E-state index contributed by atoms with van der Waals surface area (Å²) in [6.07, 6.45) is 1.49. The van der Waals surface area contributed by atoms with Crippen molar-refractivity contribution < 1.29 is 14.3 Å². The minimum atomic E-state index is -0.452. The molecule has 19 heavy (non-hydrogen) atoms. The number of nitrogens with zero attached hydrogens (tertiary/aromatic N) is 2. The quantitative estimate of drug-likeness (QED) is 0.806. The lowest BCUT2D eigenvalue weighted by molar-refractivity contribution is 0.0600. The average Bonchev–Trinajstić information content (AvgIpc) is 2.38. The Balaban J connectivity index is 2.37. The maximum Gasteiger partial charge on any atom is 0.340 e. The second-order valence-corrected chi connectivity index (χ2v) is 5.14. The zero-order chi connectivity index (χ0) is 14.0. The predicted molar refractivity (Wildman–Crippen MR) is 72.2 cm³/mol. The fraction of sp³-hybridized carbons (Fsp3) is 0.538. The summed E-state index contributed by atoms with van der Waals surface area (Å²) in [4.78, 5) is 18.1. The highest BCUT2D eigenvalue weighted by molar-refractivity contribution is 5.95. The number of pyridine rings is 1. The molecule has 0 saturated carbocycles. The van der Waals surface area contributed by atoms with Crippen molar-refractivity contribution in [3.8, 4) is 0 Å². The molecule has 0 spiro atoms. The maximum absolute atomic E-state index is 11.7. The van der Waals surface area contributed by atoms with Gasteiger partial charge in [-0.1, -0.05) is 0 Å². The summed E-state index contributed by atoms with van der Waals surface area (Å²) in [5.74, 6) is 0.259. The molecule has 2 N–H and O–H groups in total. The van der Waals surface area contributed by atoms with Crippen molar-refractivity contribution in [3.05, 3.63) is 17.8 Å². The average molecular weight is 265 g/mol. The van der Waals surface area contributed by atoms with Gasteiger partial charge in [0.25, 0.3) is 0 Å². The summed E-state index contributed by atoms with van der Waals surface area (Å²) in [5, 5.41) is 0. The molecule has 0 aromatic carbocycles. The predicted octanol–water partition coefficient (Wildman–Crippen LogP) is 1.07.